The van der Waals surface area contributed by atoms with Crippen LogP contribution in [-0.2, 0) is 0 Å². The summed E-state index contributed by atoms with van der Waals surface area (Å²) < 4.78 is 1.02. The Morgan fingerprint density at radius 3 is 2.78 bits per heavy atom. The number of aryl methyl sites for hydroxylation is 1. The molecule has 0 aliphatic heterocycles. The van der Waals surface area contributed by atoms with Crippen molar-refractivity contribution >= 4 is 27.7 Å². The van der Waals surface area contributed by atoms with Gasteiger partial charge in [0.15, 0.2) is 0 Å². The summed E-state index contributed by atoms with van der Waals surface area (Å²) in [6.07, 6.45) is 1.80. The average molecular weight is 323 g/mol. The SMILES string of the molecule is Cc1ccccc1C(N)CSc1ncccc1Br. The largest absolute Gasteiger partial charge is 0.323 e. The molecule has 4 heteroatoms. The monoisotopic (exact) mass is 322 g/mol. The van der Waals surface area contributed by atoms with E-state index in [1.807, 2.05) is 24.3 Å². The number of thioether (sulfide) groups is 1. The number of rotatable bonds is 4. The zero-order chi connectivity index (χ0) is 13.0. The van der Waals surface area contributed by atoms with Gasteiger partial charge in [-0.25, -0.2) is 4.98 Å². The molecule has 0 aliphatic carbocycles. The van der Waals surface area contributed by atoms with Crippen LogP contribution in [0.25, 0.3) is 0 Å². The first-order valence-corrected chi connectivity index (χ1v) is 7.51. The number of hydrogen-bond acceptors (Lipinski definition) is 3. The molecule has 0 radical (unpaired) electrons. The van der Waals surface area contributed by atoms with Crippen LogP contribution in [0.3, 0.4) is 0 Å². The van der Waals surface area contributed by atoms with Crippen LogP contribution in [-0.4, -0.2) is 10.7 Å². The predicted octanol–water partition coefficient (Wildman–Crippen LogP) is 3.94. The molecule has 94 valence electrons. The molecule has 2 aromatic rings. The molecule has 1 aromatic heterocycles. The summed E-state index contributed by atoms with van der Waals surface area (Å²) in [6.45, 7) is 2.09. The van der Waals surface area contributed by atoms with Crippen molar-refractivity contribution in [2.75, 3.05) is 5.75 Å². The van der Waals surface area contributed by atoms with Gasteiger partial charge in [-0.3, -0.25) is 0 Å². The summed E-state index contributed by atoms with van der Waals surface area (Å²) in [5, 5.41) is 0.988. The van der Waals surface area contributed by atoms with E-state index in [-0.39, 0.29) is 6.04 Å². The lowest BCUT2D eigenvalue weighted by Crippen LogP contribution is -2.14. The van der Waals surface area contributed by atoms with E-state index >= 15 is 0 Å². The van der Waals surface area contributed by atoms with Crippen molar-refractivity contribution in [3.63, 3.8) is 0 Å². The Labute approximate surface area is 120 Å². The molecule has 0 fully saturated rings. The minimum absolute atomic E-state index is 0.0325. The predicted molar refractivity (Wildman–Crippen MR) is 80.8 cm³/mol. The lowest BCUT2D eigenvalue weighted by molar-refractivity contribution is 0.821. The van der Waals surface area contributed by atoms with Crippen molar-refractivity contribution in [2.45, 2.75) is 18.0 Å². The second kappa shape index (κ2) is 6.36. The molecule has 0 aliphatic rings. The quantitative estimate of drug-likeness (QED) is 0.866. The third-order valence-corrected chi connectivity index (χ3v) is 4.74. The van der Waals surface area contributed by atoms with Gasteiger partial charge in [0.1, 0.15) is 5.03 Å². The highest BCUT2D eigenvalue weighted by molar-refractivity contribution is 9.10. The maximum absolute atomic E-state index is 6.23. The molecule has 0 amide bonds. The van der Waals surface area contributed by atoms with E-state index in [9.17, 15) is 0 Å². The van der Waals surface area contributed by atoms with Gasteiger partial charge in [0, 0.05) is 22.5 Å². The van der Waals surface area contributed by atoms with Gasteiger partial charge in [-0.05, 0) is 46.1 Å². The van der Waals surface area contributed by atoms with Crippen LogP contribution in [0.1, 0.15) is 17.2 Å². The number of pyridine rings is 1. The molecule has 1 unspecified atom stereocenters. The molecular weight excluding hydrogens is 308 g/mol. The van der Waals surface area contributed by atoms with E-state index in [0.717, 1.165) is 15.3 Å². The van der Waals surface area contributed by atoms with Crippen molar-refractivity contribution in [1.82, 2.24) is 4.98 Å². The van der Waals surface area contributed by atoms with Gasteiger partial charge in [-0.15, -0.1) is 11.8 Å². The van der Waals surface area contributed by atoms with E-state index in [1.165, 1.54) is 11.1 Å². The van der Waals surface area contributed by atoms with Crippen molar-refractivity contribution < 1.29 is 0 Å². The molecular formula is C14H15BrN2S. The highest BCUT2D eigenvalue weighted by Gasteiger charge is 2.10. The second-order valence-electron chi connectivity index (χ2n) is 4.06. The zero-order valence-corrected chi connectivity index (χ0v) is 12.5. The topological polar surface area (TPSA) is 38.9 Å². The Kier molecular flexibility index (Phi) is 4.80. The van der Waals surface area contributed by atoms with Gasteiger partial charge in [-0.2, -0.15) is 0 Å². The van der Waals surface area contributed by atoms with Crippen LogP contribution in [0, 0.1) is 6.92 Å². The van der Waals surface area contributed by atoms with Crippen molar-refractivity contribution in [3.8, 4) is 0 Å². The van der Waals surface area contributed by atoms with E-state index in [4.69, 9.17) is 5.73 Å². The Bertz CT molecular complexity index is 531. The summed E-state index contributed by atoms with van der Waals surface area (Å²) in [4.78, 5) is 4.33. The number of aromatic nitrogens is 1. The number of hydrogen-bond donors (Lipinski definition) is 1. The molecule has 2 nitrogen and oxygen atoms in total. The first-order chi connectivity index (χ1) is 8.68. The van der Waals surface area contributed by atoms with Gasteiger partial charge in [-0.1, -0.05) is 24.3 Å². The first kappa shape index (κ1) is 13.6. The fourth-order valence-corrected chi connectivity index (χ4v) is 3.20. The maximum atomic E-state index is 6.23. The molecule has 1 atom stereocenters. The molecule has 18 heavy (non-hydrogen) atoms. The Balaban J connectivity index is 2.03. The molecule has 0 saturated carbocycles. The van der Waals surface area contributed by atoms with Crippen LogP contribution >= 0.6 is 27.7 Å². The number of nitrogens with two attached hydrogens (primary N) is 1. The highest BCUT2D eigenvalue weighted by atomic mass is 79.9. The van der Waals surface area contributed by atoms with Crippen LogP contribution in [0.2, 0.25) is 0 Å². The first-order valence-electron chi connectivity index (χ1n) is 5.73. The van der Waals surface area contributed by atoms with Gasteiger partial charge < -0.3 is 5.73 Å². The number of benzene rings is 1. The van der Waals surface area contributed by atoms with Crippen molar-refractivity contribution in [3.05, 3.63) is 58.2 Å². The third-order valence-electron chi connectivity index (χ3n) is 2.71. The van der Waals surface area contributed by atoms with Crippen LogP contribution < -0.4 is 5.73 Å². The van der Waals surface area contributed by atoms with Gasteiger partial charge in [0.2, 0.25) is 0 Å². The lowest BCUT2D eigenvalue weighted by Gasteiger charge is -2.14. The van der Waals surface area contributed by atoms with Gasteiger partial charge >= 0.3 is 0 Å². The summed E-state index contributed by atoms with van der Waals surface area (Å²) in [6, 6.07) is 12.2. The summed E-state index contributed by atoms with van der Waals surface area (Å²) in [5.74, 6) is 0.820. The van der Waals surface area contributed by atoms with Crippen LogP contribution in [0.5, 0.6) is 0 Å². The molecule has 0 bridgehead atoms. The Morgan fingerprint density at radius 1 is 1.28 bits per heavy atom. The normalized spacial score (nSPS) is 12.4. The Morgan fingerprint density at radius 2 is 2.06 bits per heavy atom. The average Bonchev–Trinajstić information content (AvgIpc) is 2.38. The zero-order valence-electron chi connectivity index (χ0n) is 10.1. The fourth-order valence-electron chi connectivity index (χ4n) is 1.74. The van der Waals surface area contributed by atoms with E-state index < -0.39 is 0 Å². The fraction of sp³-hybridized carbons (Fsp3) is 0.214. The van der Waals surface area contributed by atoms with Gasteiger partial charge in [0.25, 0.3) is 0 Å². The van der Waals surface area contributed by atoms with E-state index in [1.54, 1.807) is 18.0 Å². The van der Waals surface area contributed by atoms with Gasteiger partial charge in [0.05, 0.1) is 0 Å². The molecule has 2 N–H and O–H groups in total. The molecule has 1 aromatic carbocycles. The summed E-state index contributed by atoms with van der Waals surface area (Å²) >= 11 is 5.17. The van der Waals surface area contributed by atoms with E-state index in [0.29, 0.717) is 0 Å². The molecule has 0 saturated heterocycles. The molecule has 1 heterocycles. The maximum Gasteiger partial charge on any atom is 0.110 e. The minimum Gasteiger partial charge on any atom is -0.323 e. The van der Waals surface area contributed by atoms with Crippen LogP contribution in [0.4, 0.5) is 0 Å². The summed E-state index contributed by atoms with van der Waals surface area (Å²) in [7, 11) is 0. The van der Waals surface area contributed by atoms with Crippen LogP contribution in [0.15, 0.2) is 52.1 Å². The second-order valence-corrected chi connectivity index (χ2v) is 5.93. The lowest BCUT2D eigenvalue weighted by atomic mass is 10.0. The standard InChI is InChI=1S/C14H15BrN2S/c1-10-5-2-3-6-11(10)13(16)9-18-14-12(15)7-4-8-17-14/h2-8,13H,9,16H2,1H3. The number of halogens is 1. The highest BCUT2D eigenvalue weighted by Crippen LogP contribution is 2.28. The summed E-state index contributed by atoms with van der Waals surface area (Å²) in [5.41, 5.74) is 8.68. The minimum atomic E-state index is 0.0325. The van der Waals surface area contributed by atoms with E-state index in [2.05, 4.69) is 40.0 Å². The van der Waals surface area contributed by atoms with Crippen molar-refractivity contribution in [1.29, 1.82) is 0 Å². The molecule has 0 spiro atoms. The third kappa shape index (κ3) is 3.34. The number of nitrogens with zero attached hydrogens (tertiary/aromatic N) is 1. The molecule has 2 rings (SSSR count). The Hall–Kier alpha value is -0.840. The smallest absolute Gasteiger partial charge is 0.110 e. The van der Waals surface area contributed by atoms with Crippen molar-refractivity contribution in [2.24, 2.45) is 5.73 Å².